The SMILES string of the molecule is O=S(=O)(Oc1cc2c(c3ccccc13)OCO2)C(F)(F)F. The maximum Gasteiger partial charge on any atom is 0.534 e. The Morgan fingerprint density at radius 1 is 1.10 bits per heavy atom. The molecule has 0 unspecified atom stereocenters. The van der Waals surface area contributed by atoms with Crippen molar-refractivity contribution >= 4 is 20.9 Å². The number of rotatable bonds is 2. The molecule has 2 aromatic carbocycles. The highest BCUT2D eigenvalue weighted by Crippen LogP contribution is 2.45. The van der Waals surface area contributed by atoms with Crippen molar-refractivity contribution in [3.05, 3.63) is 30.3 Å². The molecule has 0 bridgehead atoms. The summed E-state index contributed by atoms with van der Waals surface area (Å²) in [6.45, 7) is -0.102. The quantitative estimate of drug-likeness (QED) is 0.629. The molecule has 0 saturated carbocycles. The Kier molecular flexibility index (Phi) is 2.90. The predicted octanol–water partition coefficient (Wildman–Crippen LogP) is 2.80. The minimum absolute atomic E-state index is 0.102. The molecule has 0 aliphatic carbocycles. The van der Waals surface area contributed by atoms with Gasteiger partial charge in [-0.25, -0.2) is 0 Å². The number of hydrogen-bond donors (Lipinski definition) is 0. The van der Waals surface area contributed by atoms with Crippen molar-refractivity contribution in [2.24, 2.45) is 0 Å². The van der Waals surface area contributed by atoms with Gasteiger partial charge in [0.05, 0.1) is 0 Å². The third kappa shape index (κ3) is 2.23. The van der Waals surface area contributed by atoms with Gasteiger partial charge in [-0.15, -0.1) is 0 Å². The molecule has 0 spiro atoms. The van der Waals surface area contributed by atoms with E-state index in [2.05, 4.69) is 4.18 Å². The van der Waals surface area contributed by atoms with E-state index in [1.54, 1.807) is 12.1 Å². The molecule has 9 heteroatoms. The van der Waals surface area contributed by atoms with Crippen molar-refractivity contribution in [3.8, 4) is 17.2 Å². The van der Waals surface area contributed by atoms with Gasteiger partial charge < -0.3 is 13.7 Å². The minimum atomic E-state index is -5.76. The van der Waals surface area contributed by atoms with Gasteiger partial charge in [-0.2, -0.15) is 21.6 Å². The van der Waals surface area contributed by atoms with Gasteiger partial charge >= 0.3 is 15.6 Å². The van der Waals surface area contributed by atoms with Gasteiger partial charge in [-0.1, -0.05) is 24.3 Å². The van der Waals surface area contributed by atoms with Crippen LogP contribution in [-0.2, 0) is 10.1 Å². The van der Waals surface area contributed by atoms with Crippen molar-refractivity contribution in [3.63, 3.8) is 0 Å². The molecule has 5 nitrogen and oxygen atoms in total. The molecule has 0 atom stereocenters. The third-order valence-electron chi connectivity index (χ3n) is 2.82. The Hall–Kier alpha value is -2.16. The van der Waals surface area contributed by atoms with Gasteiger partial charge in [-0.3, -0.25) is 0 Å². The summed E-state index contributed by atoms with van der Waals surface area (Å²) in [7, 11) is -5.76. The number of alkyl halides is 3. The summed E-state index contributed by atoms with van der Waals surface area (Å²) in [4.78, 5) is 0. The number of fused-ring (bicyclic) bond motifs is 3. The molecular formula is C12H7F3O5S. The number of halogens is 3. The molecule has 0 amide bonds. The summed E-state index contributed by atoms with van der Waals surface area (Å²) in [6, 6.07) is 7.23. The lowest BCUT2D eigenvalue weighted by atomic mass is 10.1. The lowest BCUT2D eigenvalue weighted by Gasteiger charge is -2.12. The van der Waals surface area contributed by atoms with Gasteiger partial charge in [0, 0.05) is 16.8 Å². The first-order valence-corrected chi connectivity index (χ1v) is 7.02. The predicted molar refractivity (Wildman–Crippen MR) is 65.7 cm³/mol. The largest absolute Gasteiger partial charge is 0.534 e. The first kappa shape index (κ1) is 13.8. The van der Waals surface area contributed by atoms with E-state index < -0.39 is 21.4 Å². The highest BCUT2D eigenvalue weighted by molar-refractivity contribution is 7.88. The molecule has 0 radical (unpaired) electrons. The molecule has 0 fully saturated rings. The van der Waals surface area contributed by atoms with Crippen LogP contribution < -0.4 is 13.7 Å². The van der Waals surface area contributed by atoms with Crippen LogP contribution in [0.25, 0.3) is 10.8 Å². The highest BCUT2D eigenvalue weighted by atomic mass is 32.2. The van der Waals surface area contributed by atoms with E-state index in [-0.39, 0.29) is 17.9 Å². The lowest BCUT2D eigenvalue weighted by molar-refractivity contribution is -0.0499. The van der Waals surface area contributed by atoms with E-state index in [0.29, 0.717) is 11.1 Å². The summed E-state index contributed by atoms with van der Waals surface area (Å²) in [6.07, 6.45) is 0. The molecule has 0 aromatic heterocycles. The zero-order valence-corrected chi connectivity index (χ0v) is 11.0. The Bertz CT molecular complexity index is 813. The molecule has 0 N–H and O–H groups in total. The second-order valence-electron chi connectivity index (χ2n) is 4.14. The van der Waals surface area contributed by atoms with E-state index in [1.165, 1.54) is 12.1 Å². The minimum Gasteiger partial charge on any atom is -0.453 e. The first-order chi connectivity index (χ1) is 9.79. The molecule has 1 heterocycles. The summed E-state index contributed by atoms with van der Waals surface area (Å²) in [5, 5.41) is 0.578. The second kappa shape index (κ2) is 4.42. The maximum atomic E-state index is 12.4. The Labute approximate surface area is 117 Å². The Balaban J connectivity index is 2.19. The van der Waals surface area contributed by atoms with Gasteiger partial charge in [-0.05, 0) is 0 Å². The normalized spacial score (nSPS) is 14.4. The van der Waals surface area contributed by atoms with E-state index in [1.807, 2.05) is 0 Å². The molecule has 21 heavy (non-hydrogen) atoms. The summed E-state index contributed by atoms with van der Waals surface area (Å²) < 4.78 is 74.1. The van der Waals surface area contributed by atoms with Gasteiger partial charge in [0.15, 0.2) is 17.2 Å². The van der Waals surface area contributed by atoms with Crippen molar-refractivity contribution in [1.82, 2.24) is 0 Å². The van der Waals surface area contributed by atoms with Crippen LogP contribution in [0.15, 0.2) is 30.3 Å². The monoisotopic (exact) mass is 320 g/mol. The van der Waals surface area contributed by atoms with E-state index >= 15 is 0 Å². The van der Waals surface area contributed by atoms with Crippen LogP contribution in [0, 0.1) is 0 Å². The van der Waals surface area contributed by atoms with Crippen LogP contribution in [0.5, 0.6) is 17.2 Å². The lowest BCUT2D eigenvalue weighted by Crippen LogP contribution is -2.28. The van der Waals surface area contributed by atoms with Crippen molar-refractivity contribution < 1.29 is 35.2 Å². The maximum absolute atomic E-state index is 12.4. The summed E-state index contributed by atoms with van der Waals surface area (Å²) in [5.41, 5.74) is -5.51. The molecule has 3 rings (SSSR count). The average Bonchev–Trinajstić information content (AvgIpc) is 2.85. The number of benzene rings is 2. The fraction of sp³-hybridized carbons (Fsp3) is 0.167. The first-order valence-electron chi connectivity index (χ1n) is 5.62. The standard InChI is InChI=1S/C12H7F3O5S/c13-12(14,15)21(16,17)20-9-5-10-11(19-6-18-10)8-4-2-1-3-7(8)9/h1-5H,6H2. The molecule has 2 aromatic rings. The number of hydrogen-bond acceptors (Lipinski definition) is 5. The second-order valence-corrected chi connectivity index (χ2v) is 5.68. The van der Waals surface area contributed by atoms with Crippen molar-refractivity contribution in [1.29, 1.82) is 0 Å². The molecule has 1 aliphatic rings. The van der Waals surface area contributed by atoms with E-state index in [0.717, 1.165) is 6.07 Å². The smallest absolute Gasteiger partial charge is 0.453 e. The zero-order valence-electron chi connectivity index (χ0n) is 10.2. The van der Waals surface area contributed by atoms with Crippen LogP contribution in [0.1, 0.15) is 0 Å². The average molecular weight is 320 g/mol. The van der Waals surface area contributed by atoms with Gasteiger partial charge in [0.1, 0.15) is 0 Å². The summed E-state index contributed by atoms with van der Waals surface area (Å²) >= 11 is 0. The zero-order chi connectivity index (χ0) is 15.3. The summed E-state index contributed by atoms with van der Waals surface area (Å²) in [5.74, 6) is -0.00407. The van der Waals surface area contributed by atoms with Crippen LogP contribution in [-0.4, -0.2) is 20.7 Å². The van der Waals surface area contributed by atoms with Crippen LogP contribution in [0.3, 0.4) is 0 Å². The molecule has 1 aliphatic heterocycles. The van der Waals surface area contributed by atoms with Gasteiger partial charge in [0.2, 0.25) is 6.79 Å². The van der Waals surface area contributed by atoms with E-state index in [9.17, 15) is 21.6 Å². The Morgan fingerprint density at radius 3 is 2.43 bits per heavy atom. The molecule has 112 valence electrons. The van der Waals surface area contributed by atoms with Crippen molar-refractivity contribution in [2.75, 3.05) is 6.79 Å². The topological polar surface area (TPSA) is 61.8 Å². The van der Waals surface area contributed by atoms with Crippen LogP contribution >= 0.6 is 0 Å². The Morgan fingerprint density at radius 2 is 1.76 bits per heavy atom. The molecule has 0 saturated heterocycles. The fourth-order valence-corrected chi connectivity index (χ4v) is 2.40. The van der Waals surface area contributed by atoms with Crippen LogP contribution in [0.4, 0.5) is 13.2 Å². The fourth-order valence-electron chi connectivity index (χ4n) is 1.93. The van der Waals surface area contributed by atoms with E-state index in [4.69, 9.17) is 9.47 Å². The van der Waals surface area contributed by atoms with Gasteiger partial charge in [0.25, 0.3) is 0 Å². The highest BCUT2D eigenvalue weighted by Gasteiger charge is 2.48. The van der Waals surface area contributed by atoms with Crippen molar-refractivity contribution in [2.45, 2.75) is 5.51 Å². The molecular weight excluding hydrogens is 313 g/mol. The number of ether oxygens (including phenoxy) is 2. The third-order valence-corrected chi connectivity index (χ3v) is 3.79. The van der Waals surface area contributed by atoms with Crippen LogP contribution in [0.2, 0.25) is 0 Å².